The molecule has 33 heavy (non-hydrogen) atoms. The van der Waals surface area contributed by atoms with Gasteiger partial charge in [-0.2, -0.15) is 4.31 Å². The third-order valence-electron chi connectivity index (χ3n) is 6.39. The average molecular weight is 468 g/mol. The second-order valence-corrected chi connectivity index (χ2v) is 10.3. The van der Waals surface area contributed by atoms with Crippen LogP contribution in [0.5, 0.6) is 28.7 Å². The molecule has 1 atom stereocenters. The molecule has 0 amide bonds. The quantitative estimate of drug-likeness (QED) is 0.619. The monoisotopic (exact) mass is 467 g/mol. The van der Waals surface area contributed by atoms with Gasteiger partial charge >= 0.3 is 0 Å². The zero-order chi connectivity index (χ0) is 23.3. The molecule has 5 rings (SSSR count). The van der Waals surface area contributed by atoms with Crippen LogP contribution in [0.3, 0.4) is 0 Å². The first-order chi connectivity index (χ1) is 15.8. The lowest BCUT2D eigenvalue weighted by atomic mass is 9.84. The Hall–Kier alpha value is -3.23. The summed E-state index contributed by atoms with van der Waals surface area (Å²) in [6.45, 7) is 2.46. The minimum atomic E-state index is -3.72. The fraction of sp³-hybridized carbons (Fsp3) is 0.280. The van der Waals surface area contributed by atoms with Crippen molar-refractivity contribution in [1.82, 2.24) is 4.31 Å². The smallest absolute Gasteiger partial charge is 0.243 e. The molecule has 0 aromatic heterocycles. The van der Waals surface area contributed by atoms with Crippen LogP contribution in [0.2, 0.25) is 0 Å². The number of benzene rings is 3. The number of sulfonamides is 1. The lowest BCUT2D eigenvalue weighted by molar-refractivity contribution is 0.343. The third kappa shape index (κ3) is 3.50. The minimum absolute atomic E-state index is 0.0222. The summed E-state index contributed by atoms with van der Waals surface area (Å²) in [4.78, 5) is 0.265. The predicted molar refractivity (Wildman–Crippen MR) is 123 cm³/mol. The van der Waals surface area contributed by atoms with Crippen molar-refractivity contribution in [1.29, 1.82) is 0 Å². The first kappa shape index (κ1) is 21.6. The van der Waals surface area contributed by atoms with E-state index in [0.717, 1.165) is 22.3 Å². The second-order valence-electron chi connectivity index (χ2n) is 8.31. The molecule has 7 nitrogen and oxygen atoms in total. The first-order valence-electron chi connectivity index (χ1n) is 10.7. The first-order valence-corrected chi connectivity index (χ1v) is 12.1. The maximum absolute atomic E-state index is 13.6. The molecule has 0 saturated carbocycles. The highest BCUT2D eigenvalue weighted by molar-refractivity contribution is 7.89. The molecular weight excluding hydrogens is 442 g/mol. The Balaban J connectivity index is 1.66. The standard InChI is InChI=1S/C25H25NO6S/c1-15-4-7-17(8-5-15)33(28,29)26-11-10-16-6-9-20(27)25-24(16)19(14-26)18-12-22(30-2)23(31-3)13-21(18)32-25/h4-9,12-13,19,27H,10-11,14H2,1-3H3. The van der Waals surface area contributed by atoms with Gasteiger partial charge in [0.25, 0.3) is 0 Å². The topological polar surface area (TPSA) is 85.3 Å². The minimum Gasteiger partial charge on any atom is -0.504 e. The van der Waals surface area contributed by atoms with Crippen molar-refractivity contribution in [3.63, 3.8) is 0 Å². The van der Waals surface area contributed by atoms with Gasteiger partial charge in [0.15, 0.2) is 23.0 Å². The molecule has 1 unspecified atom stereocenters. The van der Waals surface area contributed by atoms with Gasteiger partial charge in [-0.1, -0.05) is 23.8 Å². The number of aryl methyl sites for hydroxylation is 1. The molecule has 1 N–H and O–H groups in total. The van der Waals surface area contributed by atoms with Gasteiger partial charge in [0.1, 0.15) is 5.75 Å². The number of aromatic hydroxyl groups is 1. The van der Waals surface area contributed by atoms with Crippen LogP contribution in [0.25, 0.3) is 0 Å². The molecule has 0 saturated heterocycles. The van der Waals surface area contributed by atoms with E-state index in [2.05, 4.69) is 0 Å². The van der Waals surface area contributed by atoms with Crippen molar-refractivity contribution in [3.05, 3.63) is 70.8 Å². The van der Waals surface area contributed by atoms with Crippen LogP contribution < -0.4 is 14.2 Å². The molecule has 0 radical (unpaired) electrons. The highest BCUT2D eigenvalue weighted by Crippen LogP contribution is 2.53. The molecule has 2 aliphatic rings. The van der Waals surface area contributed by atoms with Crippen LogP contribution in [0.4, 0.5) is 0 Å². The van der Waals surface area contributed by atoms with Crippen molar-refractivity contribution < 1.29 is 27.7 Å². The number of methoxy groups -OCH3 is 2. The van der Waals surface area contributed by atoms with E-state index in [9.17, 15) is 13.5 Å². The number of hydrogen-bond donors (Lipinski definition) is 1. The van der Waals surface area contributed by atoms with Crippen molar-refractivity contribution in [3.8, 4) is 28.7 Å². The molecule has 2 aliphatic heterocycles. The third-order valence-corrected chi connectivity index (χ3v) is 8.27. The summed E-state index contributed by atoms with van der Waals surface area (Å²) in [6, 6.07) is 13.9. The van der Waals surface area contributed by atoms with Crippen LogP contribution >= 0.6 is 0 Å². The Bertz CT molecular complexity index is 1330. The molecule has 0 aliphatic carbocycles. The molecule has 0 spiro atoms. The van der Waals surface area contributed by atoms with E-state index in [1.165, 1.54) is 11.4 Å². The lowest BCUT2D eigenvalue weighted by Crippen LogP contribution is -2.35. The summed E-state index contributed by atoms with van der Waals surface area (Å²) in [5.74, 6) is 1.58. The summed E-state index contributed by atoms with van der Waals surface area (Å²) < 4.78 is 45.7. The van der Waals surface area contributed by atoms with Gasteiger partial charge in [0, 0.05) is 36.2 Å². The van der Waals surface area contributed by atoms with Crippen molar-refractivity contribution in [2.24, 2.45) is 0 Å². The number of phenols is 1. The van der Waals surface area contributed by atoms with E-state index in [4.69, 9.17) is 14.2 Å². The average Bonchev–Trinajstić information content (AvgIpc) is 3.02. The highest BCUT2D eigenvalue weighted by atomic mass is 32.2. The van der Waals surface area contributed by atoms with E-state index in [-0.39, 0.29) is 23.1 Å². The van der Waals surface area contributed by atoms with Crippen molar-refractivity contribution in [2.75, 3.05) is 27.3 Å². The van der Waals surface area contributed by atoms with E-state index < -0.39 is 10.0 Å². The number of ether oxygens (including phenoxy) is 3. The van der Waals surface area contributed by atoms with Gasteiger partial charge in [-0.15, -0.1) is 0 Å². The molecule has 8 heteroatoms. The Morgan fingerprint density at radius 2 is 1.73 bits per heavy atom. The van der Waals surface area contributed by atoms with Gasteiger partial charge in [0.2, 0.25) is 10.0 Å². The lowest BCUT2D eigenvalue weighted by Gasteiger charge is -2.31. The normalized spacial score (nSPS) is 17.4. The van der Waals surface area contributed by atoms with Gasteiger partial charge < -0.3 is 19.3 Å². The summed E-state index contributed by atoms with van der Waals surface area (Å²) in [5.41, 5.74) is 3.56. The SMILES string of the molecule is COc1cc2c(cc1OC)C1CN(S(=O)(=O)c3ccc(C)cc3)CCc3ccc(O)c(c31)O2. The van der Waals surface area contributed by atoms with Gasteiger partial charge in [-0.3, -0.25) is 0 Å². The van der Waals surface area contributed by atoms with Gasteiger partial charge in [0.05, 0.1) is 19.1 Å². The summed E-state index contributed by atoms with van der Waals surface area (Å²) in [7, 11) is -0.623. The van der Waals surface area contributed by atoms with Crippen LogP contribution in [-0.4, -0.2) is 45.1 Å². The Kier molecular flexibility index (Phi) is 5.22. The number of phenolic OH excluding ortho intramolecular Hbond substituents is 1. The summed E-state index contributed by atoms with van der Waals surface area (Å²) in [5, 5.41) is 10.6. The molecular formula is C25H25NO6S. The molecule has 0 bridgehead atoms. The Morgan fingerprint density at radius 3 is 2.42 bits per heavy atom. The van der Waals surface area contributed by atoms with Crippen LogP contribution in [0, 0.1) is 6.92 Å². The Morgan fingerprint density at radius 1 is 1.03 bits per heavy atom. The second kappa shape index (κ2) is 7.97. The fourth-order valence-corrected chi connectivity index (χ4v) is 6.10. The summed E-state index contributed by atoms with van der Waals surface area (Å²) >= 11 is 0. The largest absolute Gasteiger partial charge is 0.504 e. The van der Waals surface area contributed by atoms with Crippen LogP contribution in [0.15, 0.2) is 53.4 Å². The molecule has 2 heterocycles. The van der Waals surface area contributed by atoms with Gasteiger partial charge in [-0.25, -0.2) is 8.42 Å². The fourth-order valence-electron chi connectivity index (χ4n) is 4.65. The van der Waals surface area contributed by atoms with E-state index in [0.29, 0.717) is 36.0 Å². The molecule has 0 fully saturated rings. The van der Waals surface area contributed by atoms with Crippen LogP contribution in [-0.2, 0) is 16.4 Å². The predicted octanol–water partition coefficient (Wildman–Crippen LogP) is 4.20. The van der Waals surface area contributed by atoms with Crippen molar-refractivity contribution in [2.45, 2.75) is 24.2 Å². The number of rotatable bonds is 4. The highest BCUT2D eigenvalue weighted by Gasteiger charge is 2.39. The van der Waals surface area contributed by atoms with Crippen LogP contribution in [0.1, 0.15) is 28.2 Å². The maximum atomic E-state index is 13.6. The van der Waals surface area contributed by atoms with Crippen molar-refractivity contribution >= 4 is 10.0 Å². The van der Waals surface area contributed by atoms with Gasteiger partial charge in [-0.05, 0) is 43.2 Å². The zero-order valence-corrected chi connectivity index (χ0v) is 19.5. The molecule has 3 aromatic carbocycles. The number of fused-ring (bicyclic) bond motifs is 2. The zero-order valence-electron chi connectivity index (χ0n) is 18.7. The number of hydrogen-bond acceptors (Lipinski definition) is 6. The van der Waals surface area contributed by atoms with E-state index in [1.54, 1.807) is 43.5 Å². The Labute approximate surface area is 193 Å². The maximum Gasteiger partial charge on any atom is 0.243 e. The summed E-state index contributed by atoms with van der Waals surface area (Å²) in [6.07, 6.45) is 0.510. The molecule has 172 valence electrons. The number of nitrogens with zero attached hydrogens (tertiary/aromatic N) is 1. The van der Waals surface area contributed by atoms with E-state index >= 15 is 0 Å². The van der Waals surface area contributed by atoms with E-state index in [1.807, 2.05) is 19.1 Å². The molecule has 3 aromatic rings.